The first-order chi connectivity index (χ1) is 24.8. The van der Waals surface area contributed by atoms with Gasteiger partial charge in [-0.1, -0.05) is 134 Å². The third-order valence-corrected chi connectivity index (χ3v) is 13.2. The van der Waals surface area contributed by atoms with Crippen LogP contribution in [0.3, 0.4) is 0 Å². The van der Waals surface area contributed by atoms with Gasteiger partial charge in [0.15, 0.2) is 0 Å². The van der Waals surface area contributed by atoms with Gasteiger partial charge in [-0.2, -0.15) is 39.9 Å². The van der Waals surface area contributed by atoms with Crippen LogP contribution in [0.2, 0.25) is 0 Å². The van der Waals surface area contributed by atoms with Gasteiger partial charge in [-0.3, -0.25) is 9.36 Å². The molecule has 9 rings (SSSR count). The molecule has 0 atom stereocenters. The molecule has 2 aromatic heterocycles. The molecular formula is C46H44BN5Pt. The molecule has 7 heteroatoms. The maximum absolute atomic E-state index is 5.04. The molecule has 0 radical (unpaired) electrons. The third-order valence-electron chi connectivity index (χ3n) is 13.2. The predicted molar refractivity (Wildman–Crippen MR) is 214 cm³/mol. The van der Waals surface area contributed by atoms with Gasteiger partial charge in [-0.05, 0) is 45.6 Å². The van der Waals surface area contributed by atoms with E-state index in [-0.39, 0.29) is 49.6 Å². The Morgan fingerprint density at radius 3 is 1.57 bits per heavy atom. The molecule has 4 aromatic carbocycles. The van der Waals surface area contributed by atoms with Gasteiger partial charge in [0.1, 0.15) is 0 Å². The zero-order chi connectivity index (χ0) is 36.2. The molecule has 0 spiro atoms. The number of allylic oxidation sites excluding steroid dienone is 2. The van der Waals surface area contributed by atoms with Crippen molar-refractivity contribution in [1.29, 1.82) is 0 Å². The van der Waals surface area contributed by atoms with Crippen LogP contribution in [-0.4, -0.2) is 26.4 Å². The summed E-state index contributed by atoms with van der Waals surface area (Å²) in [6, 6.07) is 38.1. The summed E-state index contributed by atoms with van der Waals surface area (Å²) in [6.45, 7) is 18.7. The first-order valence-electron chi connectivity index (χ1n) is 18.4. The van der Waals surface area contributed by atoms with Gasteiger partial charge >= 0.3 is 21.1 Å². The molecule has 0 amide bonds. The van der Waals surface area contributed by atoms with Crippen molar-refractivity contribution < 1.29 is 21.1 Å². The smallest absolute Gasteiger partial charge is 0.406 e. The zero-order valence-corrected chi connectivity index (χ0v) is 33.9. The number of benzene rings is 4. The summed E-state index contributed by atoms with van der Waals surface area (Å²) in [7, 11) is 0. The minimum Gasteiger partial charge on any atom is -0.406 e. The van der Waals surface area contributed by atoms with Crippen molar-refractivity contribution in [1.82, 2.24) is 19.6 Å². The van der Waals surface area contributed by atoms with E-state index in [9.17, 15) is 0 Å². The minimum absolute atomic E-state index is 0. The second kappa shape index (κ2) is 12.2. The number of fused-ring (bicyclic) bond motifs is 6. The van der Waals surface area contributed by atoms with Crippen LogP contribution in [-0.2, 0) is 42.7 Å². The number of anilines is 1. The Labute approximate surface area is 328 Å². The predicted octanol–water partition coefficient (Wildman–Crippen LogP) is 9.46. The summed E-state index contributed by atoms with van der Waals surface area (Å²) in [6.07, 6.45) is 10.5. The second-order valence-electron chi connectivity index (χ2n) is 16.7. The van der Waals surface area contributed by atoms with Gasteiger partial charge in [0, 0.05) is 22.0 Å². The first-order valence-corrected chi connectivity index (χ1v) is 18.4. The molecule has 0 aliphatic carbocycles. The van der Waals surface area contributed by atoms with Crippen LogP contribution in [0.1, 0.15) is 77.9 Å². The number of aromatic nitrogens is 4. The van der Waals surface area contributed by atoms with E-state index in [1.807, 2.05) is 12.4 Å². The van der Waals surface area contributed by atoms with Crippen molar-refractivity contribution in [3.8, 4) is 33.6 Å². The van der Waals surface area contributed by atoms with Crippen LogP contribution in [0.4, 0.5) is 5.69 Å². The quantitative estimate of drug-likeness (QED) is 0.131. The van der Waals surface area contributed by atoms with Gasteiger partial charge in [-0.25, -0.2) is 0 Å². The molecule has 0 saturated heterocycles. The average molecular weight is 873 g/mol. The topological polar surface area (TPSA) is 38.9 Å². The number of rotatable bonds is 4. The van der Waals surface area contributed by atoms with Crippen molar-refractivity contribution in [2.45, 2.75) is 77.0 Å². The standard InChI is InChI=1S/C46H44BN5.Pt/c1-43(2)37-23-21-33(27-39(37)51-41(45(43,5)6)35(29-48-51)31-17-11-9-12-18-31)47-25-15-16-26-50(47)34-22-24-38-40(28-34)52-42(46(7,8)44(38,3)4)36(30-49-52)32-19-13-10-14-20-32;/h9-26,29-30H,1-8H3;/q-2;+2. The van der Waals surface area contributed by atoms with E-state index in [2.05, 4.69) is 191 Å². The molecule has 0 unspecified atom stereocenters. The monoisotopic (exact) mass is 872 g/mol. The summed E-state index contributed by atoms with van der Waals surface area (Å²) < 4.78 is 4.29. The van der Waals surface area contributed by atoms with E-state index >= 15 is 0 Å². The molecular weight excluding hydrogens is 828 g/mol. The minimum atomic E-state index is -0.181. The molecule has 266 valence electrons. The van der Waals surface area contributed by atoms with Crippen molar-refractivity contribution in [3.63, 3.8) is 0 Å². The van der Waals surface area contributed by atoms with Crippen LogP contribution in [0.15, 0.2) is 122 Å². The first kappa shape index (κ1) is 35.4. The molecule has 53 heavy (non-hydrogen) atoms. The average Bonchev–Trinajstić information content (AvgIpc) is 3.81. The van der Waals surface area contributed by atoms with Gasteiger partial charge < -0.3 is 4.81 Å². The van der Waals surface area contributed by atoms with Crippen molar-refractivity contribution in [2.24, 2.45) is 0 Å². The molecule has 3 aliphatic heterocycles. The van der Waals surface area contributed by atoms with E-state index in [1.165, 1.54) is 44.8 Å². The molecule has 5 heterocycles. The Balaban J connectivity index is 0.00000400. The van der Waals surface area contributed by atoms with Crippen LogP contribution >= 0.6 is 0 Å². The Bertz CT molecular complexity index is 2260. The summed E-state index contributed by atoms with van der Waals surface area (Å²) in [5.74, 6) is 2.25. The normalized spacial score (nSPS) is 18.0. The van der Waals surface area contributed by atoms with Crippen molar-refractivity contribution >= 4 is 18.0 Å². The molecule has 3 aliphatic rings. The maximum Gasteiger partial charge on any atom is 2.00 e. The molecule has 0 saturated carbocycles. The van der Waals surface area contributed by atoms with Gasteiger partial charge in [0.2, 0.25) is 0 Å². The number of hydrogen-bond donors (Lipinski definition) is 0. The number of hydrogen-bond acceptors (Lipinski definition) is 3. The van der Waals surface area contributed by atoms with E-state index in [1.54, 1.807) is 0 Å². The Kier molecular flexibility index (Phi) is 8.13. The third kappa shape index (κ3) is 4.94. The molecule has 5 nitrogen and oxygen atoms in total. The molecule has 0 fully saturated rings. The van der Waals surface area contributed by atoms with Crippen LogP contribution in [0, 0.1) is 12.1 Å². The largest absolute Gasteiger partial charge is 2.00 e. The fourth-order valence-electron chi connectivity index (χ4n) is 8.78. The van der Waals surface area contributed by atoms with Gasteiger partial charge in [-0.15, -0.1) is 23.3 Å². The SMILES string of the molecule is CC1(C)c2ccc(B3C=CC=CN3c3[c-]c4c(cc3)C(C)(C)C(C)(C)c3c(-c5ccccc5)cnn3-4)[c-]c2-n2ncc(-c3ccccc3)c2C1(C)C.[Pt+2]. The summed E-state index contributed by atoms with van der Waals surface area (Å²) in [4.78, 5) is 2.31. The van der Waals surface area contributed by atoms with Crippen LogP contribution in [0.25, 0.3) is 33.6 Å². The van der Waals surface area contributed by atoms with Gasteiger partial charge in [0.25, 0.3) is 6.85 Å². The molecule has 0 N–H and O–H groups in total. The van der Waals surface area contributed by atoms with Crippen molar-refractivity contribution in [3.05, 3.63) is 156 Å². The Morgan fingerprint density at radius 2 is 1.04 bits per heavy atom. The van der Waals surface area contributed by atoms with Crippen molar-refractivity contribution in [2.75, 3.05) is 4.81 Å². The second-order valence-corrected chi connectivity index (χ2v) is 16.7. The van der Waals surface area contributed by atoms with Crippen LogP contribution in [0.5, 0.6) is 0 Å². The maximum atomic E-state index is 5.04. The Morgan fingerprint density at radius 1 is 0.547 bits per heavy atom. The van der Waals surface area contributed by atoms with E-state index in [4.69, 9.17) is 10.2 Å². The molecule has 0 bridgehead atoms. The summed E-state index contributed by atoms with van der Waals surface area (Å²) >= 11 is 0. The number of nitrogens with zero attached hydrogens (tertiary/aromatic N) is 5. The van der Waals surface area contributed by atoms with E-state index < -0.39 is 0 Å². The fraction of sp³-hybridized carbons (Fsp3) is 0.261. The van der Waals surface area contributed by atoms with E-state index in [0.717, 1.165) is 22.5 Å². The fourth-order valence-corrected chi connectivity index (χ4v) is 8.78. The van der Waals surface area contributed by atoms with E-state index in [0.29, 0.717) is 0 Å². The van der Waals surface area contributed by atoms with Crippen LogP contribution < -0.4 is 10.3 Å². The zero-order valence-electron chi connectivity index (χ0n) is 31.7. The summed E-state index contributed by atoms with van der Waals surface area (Å²) in [5.41, 5.74) is 13.1. The molecule has 6 aromatic rings. The van der Waals surface area contributed by atoms with Gasteiger partial charge in [0.05, 0.1) is 23.8 Å². The Hall–Kier alpha value is -4.67. The summed E-state index contributed by atoms with van der Waals surface area (Å²) in [5, 5.41) is 10.1.